The number of ether oxygens (including phenoxy) is 2. The Balaban J connectivity index is 4.09. The van der Waals surface area contributed by atoms with E-state index in [9.17, 15) is 9.59 Å². The van der Waals surface area contributed by atoms with Crippen LogP contribution in [0.2, 0.25) is 0 Å². The van der Waals surface area contributed by atoms with Crippen LogP contribution in [0.4, 0.5) is 0 Å². The van der Waals surface area contributed by atoms with Crippen molar-refractivity contribution in [2.75, 3.05) is 26.2 Å². The molecule has 0 saturated heterocycles. The maximum atomic E-state index is 12.6. The molecule has 0 N–H and O–H groups in total. The van der Waals surface area contributed by atoms with Gasteiger partial charge in [-0.25, -0.2) is 0 Å². The van der Waals surface area contributed by atoms with Crippen molar-refractivity contribution in [2.24, 2.45) is 0 Å². The summed E-state index contributed by atoms with van der Waals surface area (Å²) in [5, 5.41) is 0. The monoisotopic (exact) mass is 686 g/mol. The zero-order chi connectivity index (χ0) is 35.9. The van der Waals surface area contributed by atoms with Crippen LogP contribution in [0.15, 0.2) is 48.6 Å². The molecule has 0 aromatic rings. The summed E-state index contributed by atoms with van der Waals surface area (Å²) in [5.41, 5.74) is 0. The summed E-state index contributed by atoms with van der Waals surface area (Å²) in [7, 11) is 0. The number of unbranched alkanes of at least 4 members (excludes halogenated alkanes) is 16. The van der Waals surface area contributed by atoms with E-state index >= 15 is 0 Å². The van der Waals surface area contributed by atoms with Gasteiger partial charge < -0.3 is 14.4 Å². The normalized spacial score (nSPS) is 12.8. The van der Waals surface area contributed by atoms with E-state index in [1.165, 1.54) is 77.0 Å². The maximum Gasteiger partial charge on any atom is 0.306 e. The van der Waals surface area contributed by atoms with Crippen molar-refractivity contribution in [3.63, 3.8) is 0 Å². The van der Waals surface area contributed by atoms with Gasteiger partial charge in [-0.15, -0.1) is 0 Å². The van der Waals surface area contributed by atoms with Crippen molar-refractivity contribution in [1.82, 2.24) is 4.90 Å². The van der Waals surface area contributed by atoms with Crippen LogP contribution < -0.4 is 0 Å². The third kappa shape index (κ3) is 35.5. The lowest BCUT2D eigenvalue weighted by Gasteiger charge is -2.23. The van der Waals surface area contributed by atoms with E-state index in [2.05, 4.69) is 81.2 Å². The van der Waals surface area contributed by atoms with Crippen molar-refractivity contribution in [2.45, 2.75) is 194 Å². The Labute approximate surface area is 304 Å². The van der Waals surface area contributed by atoms with Crippen molar-refractivity contribution in [1.29, 1.82) is 0 Å². The zero-order valence-electron chi connectivity index (χ0n) is 32.8. The Morgan fingerprint density at radius 3 is 1.37 bits per heavy atom. The van der Waals surface area contributed by atoms with Crippen LogP contribution >= 0.6 is 0 Å². The zero-order valence-corrected chi connectivity index (χ0v) is 32.8. The Bertz CT molecular complexity index is 842. The molecule has 0 fully saturated rings. The standard InChI is InChI=1S/C44H79NO4/c1-5-9-11-13-15-17-19-21-23-25-27-29-31-33-35-37-43(46)48-41-42(39-40-45(7-3)8-4)49-44(47)38-36-34-32-30-28-26-24-22-20-18-16-14-12-10-6-2/h15-18,21-24,42H,5-14,19-20,25-41H2,1-4H3. The van der Waals surface area contributed by atoms with Gasteiger partial charge in [0.05, 0.1) is 0 Å². The second-order valence-electron chi connectivity index (χ2n) is 13.6. The Kier molecular flexibility index (Phi) is 37.0. The van der Waals surface area contributed by atoms with E-state index < -0.39 is 0 Å². The van der Waals surface area contributed by atoms with Crippen LogP contribution in [-0.2, 0) is 19.1 Å². The minimum Gasteiger partial charge on any atom is -0.462 e. The SMILES string of the molecule is CCCCCC=CCC=CCCCCCCCC(=O)OCC(CCN(CC)CC)OC(=O)CCCCCCCC=CCC=CCCCCC. The van der Waals surface area contributed by atoms with Gasteiger partial charge >= 0.3 is 11.9 Å². The Hall–Kier alpha value is -2.14. The van der Waals surface area contributed by atoms with Crippen LogP contribution in [0.3, 0.4) is 0 Å². The van der Waals surface area contributed by atoms with Crippen molar-refractivity contribution < 1.29 is 19.1 Å². The fourth-order valence-electron chi connectivity index (χ4n) is 5.71. The first-order valence-electron chi connectivity index (χ1n) is 20.7. The number of hydrogen-bond acceptors (Lipinski definition) is 5. The second kappa shape index (κ2) is 38.7. The molecule has 5 heteroatoms. The first kappa shape index (κ1) is 46.9. The number of nitrogens with zero attached hydrogens (tertiary/aromatic N) is 1. The molecule has 0 saturated carbocycles. The average Bonchev–Trinajstić information content (AvgIpc) is 3.10. The molecule has 0 aliphatic carbocycles. The minimum absolute atomic E-state index is 0.161. The van der Waals surface area contributed by atoms with Crippen LogP contribution in [0.25, 0.3) is 0 Å². The molecule has 0 spiro atoms. The molecule has 49 heavy (non-hydrogen) atoms. The predicted molar refractivity (Wildman–Crippen MR) is 212 cm³/mol. The molecule has 0 aromatic heterocycles. The van der Waals surface area contributed by atoms with E-state index in [-0.39, 0.29) is 24.6 Å². The summed E-state index contributed by atoms with van der Waals surface area (Å²) in [4.78, 5) is 27.4. The van der Waals surface area contributed by atoms with Crippen LogP contribution in [0.1, 0.15) is 188 Å². The molecule has 284 valence electrons. The number of rotatable bonds is 36. The van der Waals surface area contributed by atoms with Crippen LogP contribution in [0.5, 0.6) is 0 Å². The van der Waals surface area contributed by atoms with Gasteiger partial charge in [0.2, 0.25) is 0 Å². The lowest BCUT2D eigenvalue weighted by Crippen LogP contribution is -2.32. The van der Waals surface area contributed by atoms with Gasteiger partial charge in [0, 0.05) is 25.8 Å². The molecule has 5 nitrogen and oxygen atoms in total. The number of carbonyl (C=O) groups excluding carboxylic acids is 2. The van der Waals surface area contributed by atoms with Gasteiger partial charge in [0.25, 0.3) is 0 Å². The van der Waals surface area contributed by atoms with E-state index in [4.69, 9.17) is 9.47 Å². The van der Waals surface area contributed by atoms with Crippen molar-refractivity contribution >= 4 is 11.9 Å². The van der Waals surface area contributed by atoms with Crippen molar-refractivity contribution in [3.05, 3.63) is 48.6 Å². The fourth-order valence-corrected chi connectivity index (χ4v) is 5.71. The van der Waals surface area contributed by atoms with Crippen molar-refractivity contribution in [3.8, 4) is 0 Å². The highest BCUT2D eigenvalue weighted by molar-refractivity contribution is 5.70. The largest absolute Gasteiger partial charge is 0.462 e. The smallest absolute Gasteiger partial charge is 0.306 e. The predicted octanol–water partition coefficient (Wildman–Crippen LogP) is 12.8. The lowest BCUT2D eigenvalue weighted by atomic mass is 10.1. The highest BCUT2D eigenvalue weighted by atomic mass is 16.6. The summed E-state index contributed by atoms with van der Waals surface area (Å²) in [6.07, 6.45) is 45.0. The fraction of sp³-hybridized carbons (Fsp3) is 0.773. The molecular weight excluding hydrogens is 606 g/mol. The molecule has 0 amide bonds. The van der Waals surface area contributed by atoms with Gasteiger partial charge in [-0.05, 0) is 90.1 Å². The number of carbonyl (C=O) groups is 2. The van der Waals surface area contributed by atoms with E-state index in [0.29, 0.717) is 19.3 Å². The van der Waals surface area contributed by atoms with Crippen LogP contribution in [0, 0.1) is 0 Å². The minimum atomic E-state index is -0.375. The van der Waals surface area contributed by atoms with Gasteiger partial charge in [-0.2, -0.15) is 0 Å². The van der Waals surface area contributed by atoms with E-state index in [0.717, 1.165) is 83.8 Å². The molecule has 0 heterocycles. The Morgan fingerprint density at radius 2 is 0.918 bits per heavy atom. The second-order valence-corrected chi connectivity index (χ2v) is 13.6. The quantitative estimate of drug-likeness (QED) is 0.0373. The highest BCUT2D eigenvalue weighted by Crippen LogP contribution is 2.13. The molecule has 0 bridgehead atoms. The third-order valence-electron chi connectivity index (χ3n) is 9.05. The molecule has 0 aliphatic heterocycles. The van der Waals surface area contributed by atoms with Gasteiger partial charge in [-0.3, -0.25) is 9.59 Å². The topological polar surface area (TPSA) is 55.8 Å². The van der Waals surface area contributed by atoms with Gasteiger partial charge in [-0.1, -0.05) is 141 Å². The number of allylic oxidation sites excluding steroid dienone is 8. The van der Waals surface area contributed by atoms with Gasteiger partial charge in [0.1, 0.15) is 12.7 Å². The first-order valence-corrected chi connectivity index (χ1v) is 20.7. The highest BCUT2D eigenvalue weighted by Gasteiger charge is 2.18. The first-order chi connectivity index (χ1) is 24.1. The Morgan fingerprint density at radius 1 is 0.510 bits per heavy atom. The summed E-state index contributed by atoms with van der Waals surface area (Å²) in [5.74, 6) is -0.344. The number of hydrogen-bond donors (Lipinski definition) is 0. The summed E-state index contributed by atoms with van der Waals surface area (Å²) < 4.78 is 11.4. The third-order valence-corrected chi connectivity index (χ3v) is 9.05. The van der Waals surface area contributed by atoms with E-state index in [1.54, 1.807) is 0 Å². The summed E-state index contributed by atoms with van der Waals surface area (Å²) in [6, 6.07) is 0. The lowest BCUT2D eigenvalue weighted by molar-refractivity contribution is -0.159. The average molecular weight is 686 g/mol. The molecule has 0 aromatic carbocycles. The molecule has 1 unspecified atom stereocenters. The van der Waals surface area contributed by atoms with Crippen LogP contribution in [-0.4, -0.2) is 49.2 Å². The maximum absolute atomic E-state index is 12.6. The van der Waals surface area contributed by atoms with Gasteiger partial charge in [0.15, 0.2) is 0 Å². The summed E-state index contributed by atoms with van der Waals surface area (Å²) in [6.45, 7) is 11.7. The molecule has 1 atom stereocenters. The molecule has 0 radical (unpaired) electrons. The molecular formula is C44H79NO4. The molecule has 0 rings (SSSR count). The number of esters is 2. The molecule has 0 aliphatic rings. The summed E-state index contributed by atoms with van der Waals surface area (Å²) >= 11 is 0. The van der Waals surface area contributed by atoms with E-state index in [1.807, 2.05) is 0 Å².